The van der Waals surface area contributed by atoms with E-state index in [1.54, 1.807) is 13.2 Å². The third-order valence-corrected chi connectivity index (χ3v) is 2.58. The molecular formula is C13H18O3. The SMILES string of the molecule is CCCCc1cc(C(C)=O)c(O)cc1OC. The molecule has 0 bridgehead atoms. The Balaban J connectivity index is 3.12. The summed E-state index contributed by atoms with van der Waals surface area (Å²) in [4.78, 5) is 11.3. The van der Waals surface area contributed by atoms with Gasteiger partial charge >= 0.3 is 0 Å². The molecular weight excluding hydrogens is 204 g/mol. The van der Waals surface area contributed by atoms with Gasteiger partial charge in [0.2, 0.25) is 0 Å². The predicted octanol–water partition coefficient (Wildman–Crippen LogP) is 2.95. The second kappa shape index (κ2) is 5.54. The van der Waals surface area contributed by atoms with Crippen molar-refractivity contribution in [1.29, 1.82) is 0 Å². The number of benzene rings is 1. The van der Waals surface area contributed by atoms with E-state index < -0.39 is 0 Å². The van der Waals surface area contributed by atoms with Crippen LogP contribution in [0.5, 0.6) is 11.5 Å². The van der Waals surface area contributed by atoms with Gasteiger partial charge in [-0.2, -0.15) is 0 Å². The topological polar surface area (TPSA) is 46.5 Å². The van der Waals surface area contributed by atoms with Crippen LogP contribution in [0.2, 0.25) is 0 Å². The molecule has 1 N–H and O–H groups in total. The lowest BCUT2D eigenvalue weighted by atomic mass is 10.0. The van der Waals surface area contributed by atoms with Crippen LogP contribution in [0.25, 0.3) is 0 Å². The van der Waals surface area contributed by atoms with E-state index in [0.717, 1.165) is 24.8 Å². The first-order valence-electron chi connectivity index (χ1n) is 5.51. The van der Waals surface area contributed by atoms with E-state index >= 15 is 0 Å². The van der Waals surface area contributed by atoms with Gasteiger partial charge in [-0.05, 0) is 31.4 Å². The van der Waals surface area contributed by atoms with Crippen LogP contribution in [-0.4, -0.2) is 18.0 Å². The largest absolute Gasteiger partial charge is 0.507 e. The molecule has 0 fully saturated rings. The fourth-order valence-corrected chi connectivity index (χ4v) is 1.65. The smallest absolute Gasteiger partial charge is 0.163 e. The van der Waals surface area contributed by atoms with Crippen LogP contribution in [0.4, 0.5) is 0 Å². The number of unbranched alkanes of at least 4 members (excludes halogenated alkanes) is 1. The van der Waals surface area contributed by atoms with Crippen LogP contribution >= 0.6 is 0 Å². The number of aryl methyl sites for hydroxylation is 1. The molecule has 0 saturated heterocycles. The fourth-order valence-electron chi connectivity index (χ4n) is 1.65. The zero-order valence-electron chi connectivity index (χ0n) is 10.0. The van der Waals surface area contributed by atoms with Crippen molar-refractivity contribution in [3.63, 3.8) is 0 Å². The van der Waals surface area contributed by atoms with Crippen molar-refractivity contribution in [2.45, 2.75) is 33.1 Å². The molecule has 1 aromatic carbocycles. The van der Waals surface area contributed by atoms with E-state index in [-0.39, 0.29) is 11.5 Å². The van der Waals surface area contributed by atoms with Gasteiger partial charge in [-0.3, -0.25) is 4.79 Å². The highest BCUT2D eigenvalue weighted by Gasteiger charge is 2.12. The number of carbonyl (C=O) groups is 1. The van der Waals surface area contributed by atoms with Gasteiger partial charge in [-0.15, -0.1) is 0 Å². The van der Waals surface area contributed by atoms with Crippen LogP contribution in [0.1, 0.15) is 42.6 Å². The van der Waals surface area contributed by atoms with Crippen LogP contribution in [-0.2, 0) is 6.42 Å². The van der Waals surface area contributed by atoms with Gasteiger partial charge in [0.1, 0.15) is 11.5 Å². The second-order valence-corrected chi connectivity index (χ2v) is 3.84. The number of ether oxygens (including phenoxy) is 1. The van der Waals surface area contributed by atoms with E-state index in [1.807, 2.05) is 0 Å². The van der Waals surface area contributed by atoms with Crippen molar-refractivity contribution in [2.24, 2.45) is 0 Å². The van der Waals surface area contributed by atoms with Gasteiger partial charge in [0.25, 0.3) is 0 Å². The van der Waals surface area contributed by atoms with Gasteiger partial charge in [-0.1, -0.05) is 13.3 Å². The summed E-state index contributed by atoms with van der Waals surface area (Å²) in [5.41, 5.74) is 1.35. The Morgan fingerprint density at radius 3 is 2.62 bits per heavy atom. The summed E-state index contributed by atoms with van der Waals surface area (Å²) in [6.07, 6.45) is 2.98. The van der Waals surface area contributed by atoms with Crippen LogP contribution in [0.3, 0.4) is 0 Å². The molecule has 16 heavy (non-hydrogen) atoms. The molecule has 0 amide bonds. The number of carbonyl (C=O) groups excluding carboxylic acids is 1. The maximum atomic E-state index is 11.3. The zero-order valence-corrected chi connectivity index (χ0v) is 10.0. The minimum atomic E-state index is -0.127. The highest BCUT2D eigenvalue weighted by molar-refractivity contribution is 5.97. The first kappa shape index (κ1) is 12.6. The molecule has 0 atom stereocenters. The van der Waals surface area contributed by atoms with Gasteiger partial charge in [0.05, 0.1) is 12.7 Å². The summed E-state index contributed by atoms with van der Waals surface area (Å²) in [7, 11) is 1.57. The van der Waals surface area contributed by atoms with Gasteiger partial charge in [0, 0.05) is 6.07 Å². The van der Waals surface area contributed by atoms with Crippen molar-refractivity contribution in [3.05, 3.63) is 23.3 Å². The minimum absolute atomic E-state index is 0.00963. The quantitative estimate of drug-likeness (QED) is 0.779. The zero-order chi connectivity index (χ0) is 12.1. The Hall–Kier alpha value is -1.51. The van der Waals surface area contributed by atoms with E-state index in [1.165, 1.54) is 13.0 Å². The van der Waals surface area contributed by atoms with Crippen molar-refractivity contribution < 1.29 is 14.6 Å². The molecule has 0 saturated carbocycles. The first-order valence-corrected chi connectivity index (χ1v) is 5.51. The fraction of sp³-hybridized carbons (Fsp3) is 0.462. The molecule has 3 nitrogen and oxygen atoms in total. The lowest BCUT2D eigenvalue weighted by Gasteiger charge is -2.11. The molecule has 0 heterocycles. The van der Waals surface area contributed by atoms with Gasteiger partial charge < -0.3 is 9.84 Å². The summed E-state index contributed by atoms with van der Waals surface area (Å²) in [5.74, 6) is 0.512. The van der Waals surface area contributed by atoms with Gasteiger partial charge in [0.15, 0.2) is 5.78 Å². The average molecular weight is 222 g/mol. The standard InChI is InChI=1S/C13H18O3/c1-4-5-6-10-7-11(9(2)14)12(15)8-13(10)16-3/h7-8,15H,4-6H2,1-3H3. The lowest BCUT2D eigenvalue weighted by molar-refractivity contribution is 0.101. The average Bonchev–Trinajstić information content (AvgIpc) is 2.26. The molecule has 0 aliphatic rings. The Morgan fingerprint density at radius 1 is 1.44 bits per heavy atom. The molecule has 0 aliphatic heterocycles. The summed E-state index contributed by atoms with van der Waals surface area (Å²) in [6, 6.07) is 3.24. The van der Waals surface area contributed by atoms with Crippen molar-refractivity contribution in [1.82, 2.24) is 0 Å². The Kier molecular flexibility index (Phi) is 4.35. The molecule has 0 aliphatic carbocycles. The van der Waals surface area contributed by atoms with Crippen molar-refractivity contribution >= 4 is 5.78 Å². The van der Waals surface area contributed by atoms with E-state index in [2.05, 4.69) is 6.92 Å². The molecule has 0 spiro atoms. The van der Waals surface area contributed by atoms with Crippen molar-refractivity contribution in [2.75, 3.05) is 7.11 Å². The van der Waals surface area contributed by atoms with Crippen LogP contribution in [0, 0.1) is 0 Å². The number of Topliss-reactive ketones (excluding diaryl/α,β-unsaturated/α-hetero) is 1. The van der Waals surface area contributed by atoms with E-state index in [4.69, 9.17) is 4.74 Å². The number of methoxy groups -OCH3 is 1. The van der Waals surface area contributed by atoms with E-state index in [0.29, 0.717) is 11.3 Å². The number of ketones is 1. The Labute approximate surface area is 96.1 Å². The number of rotatable bonds is 5. The lowest BCUT2D eigenvalue weighted by Crippen LogP contribution is -1.99. The normalized spacial score (nSPS) is 10.2. The Bertz CT molecular complexity index is 383. The summed E-state index contributed by atoms with van der Waals surface area (Å²) in [5, 5.41) is 9.64. The summed E-state index contributed by atoms with van der Waals surface area (Å²) < 4.78 is 5.19. The molecule has 1 rings (SSSR count). The third kappa shape index (κ3) is 2.75. The third-order valence-electron chi connectivity index (χ3n) is 2.58. The van der Waals surface area contributed by atoms with Crippen molar-refractivity contribution in [3.8, 4) is 11.5 Å². The summed E-state index contributed by atoms with van der Waals surface area (Å²) in [6.45, 7) is 3.56. The Morgan fingerprint density at radius 2 is 2.12 bits per heavy atom. The predicted molar refractivity (Wildman–Crippen MR) is 63.3 cm³/mol. The maximum absolute atomic E-state index is 11.3. The number of hydrogen-bond acceptors (Lipinski definition) is 3. The van der Waals surface area contributed by atoms with Gasteiger partial charge in [-0.25, -0.2) is 0 Å². The molecule has 1 aromatic rings. The van der Waals surface area contributed by atoms with Crippen LogP contribution in [0.15, 0.2) is 12.1 Å². The molecule has 0 unspecified atom stereocenters. The highest BCUT2D eigenvalue weighted by Crippen LogP contribution is 2.29. The molecule has 88 valence electrons. The number of phenolic OH excluding ortho intramolecular Hbond substituents is 1. The minimum Gasteiger partial charge on any atom is -0.507 e. The monoisotopic (exact) mass is 222 g/mol. The number of hydrogen-bond donors (Lipinski definition) is 1. The second-order valence-electron chi connectivity index (χ2n) is 3.84. The van der Waals surface area contributed by atoms with E-state index in [9.17, 15) is 9.90 Å². The molecule has 0 radical (unpaired) electrons. The van der Waals surface area contributed by atoms with Crippen LogP contribution < -0.4 is 4.74 Å². The number of phenols is 1. The number of aromatic hydroxyl groups is 1. The molecule has 3 heteroatoms. The molecule has 0 aromatic heterocycles. The first-order chi connectivity index (χ1) is 7.60. The summed E-state index contributed by atoms with van der Waals surface area (Å²) >= 11 is 0. The maximum Gasteiger partial charge on any atom is 0.163 e. The highest BCUT2D eigenvalue weighted by atomic mass is 16.5.